The summed E-state index contributed by atoms with van der Waals surface area (Å²) in [4.78, 5) is 0. The SMILES string of the molecule is FC(F)C1CCCC(C(F)F)N1. The molecule has 0 spiro atoms. The van der Waals surface area contributed by atoms with Crippen molar-refractivity contribution in [2.45, 2.75) is 44.2 Å². The van der Waals surface area contributed by atoms with E-state index in [9.17, 15) is 17.6 Å². The molecule has 1 heterocycles. The van der Waals surface area contributed by atoms with Gasteiger partial charge < -0.3 is 5.32 Å². The van der Waals surface area contributed by atoms with Gasteiger partial charge in [-0.2, -0.15) is 0 Å². The van der Waals surface area contributed by atoms with Crippen LogP contribution in [0.1, 0.15) is 19.3 Å². The minimum absolute atomic E-state index is 0.293. The lowest BCUT2D eigenvalue weighted by Crippen LogP contribution is -2.49. The average Bonchev–Trinajstić information content (AvgIpc) is 2.04. The third kappa shape index (κ3) is 2.33. The van der Waals surface area contributed by atoms with Gasteiger partial charge in [-0.1, -0.05) is 0 Å². The molecule has 0 aliphatic carbocycles. The second kappa shape index (κ2) is 4.07. The summed E-state index contributed by atoms with van der Waals surface area (Å²) in [6.45, 7) is 0. The molecule has 1 rings (SSSR count). The molecule has 0 saturated carbocycles. The molecule has 0 aromatic heterocycles. The standard InChI is InChI=1S/C7H11F4N/c8-6(9)4-2-1-3-5(12-4)7(10)11/h4-7,12H,1-3H2. The van der Waals surface area contributed by atoms with Crippen LogP contribution in [0, 0.1) is 0 Å². The number of nitrogens with one attached hydrogen (secondary N) is 1. The van der Waals surface area contributed by atoms with Crippen molar-refractivity contribution in [2.75, 3.05) is 0 Å². The van der Waals surface area contributed by atoms with Crippen molar-refractivity contribution >= 4 is 0 Å². The molecule has 1 fully saturated rings. The van der Waals surface area contributed by atoms with Gasteiger partial charge in [0.2, 0.25) is 0 Å². The highest BCUT2D eigenvalue weighted by atomic mass is 19.3. The van der Waals surface area contributed by atoms with Crippen LogP contribution in [-0.4, -0.2) is 24.9 Å². The van der Waals surface area contributed by atoms with Gasteiger partial charge in [0.05, 0.1) is 12.1 Å². The Morgan fingerprint density at radius 1 is 0.917 bits per heavy atom. The smallest absolute Gasteiger partial charge is 0.253 e. The van der Waals surface area contributed by atoms with Crippen LogP contribution in [0.25, 0.3) is 0 Å². The van der Waals surface area contributed by atoms with Crippen molar-refractivity contribution in [3.63, 3.8) is 0 Å². The molecule has 1 N–H and O–H groups in total. The molecule has 0 bridgehead atoms. The van der Waals surface area contributed by atoms with E-state index < -0.39 is 24.9 Å². The normalized spacial score (nSPS) is 31.5. The third-order valence-corrected chi connectivity index (χ3v) is 2.07. The molecule has 0 amide bonds. The molecule has 1 aliphatic heterocycles. The molecule has 72 valence electrons. The van der Waals surface area contributed by atoms with E-state index in [2.05, 4.69) is 5.32 Å². The summed E-state index contributed by atoms with van der Waals surface area (Å²) in [6.07, 6.45) is -4.03. The van der Waals surface area contributed by atoms with E-state index in [-0.39, 0.29) is 0 Å². The van der Waals surface area contributed by atoms with Gasteiger partial charge >= 0.3 is 0 Å². The van der Waals surface area contributed by atoms with Gasteiger partial charge in [-0.05, 0) is 19.3 Å². The summed E-state index contributed by atoms with van der Waals surface area (Å²) < 4.78 is 48.2. The summed E-state index contributed by atoms with van der Waals surface area (Å²) in [5, 5.41) is 2.25. The maximum absolute atomic E-state index is 12.0. The zero-order valence-electron chi connectivity index (χ0n) is 6.44. The number of hydrogen-bond acceptors (Lipinski definition) is 1. The van der Waals surface area contributed by atoms with Crippen LogP contribution in [0.15, 0.2) is 0 Å². The molecule has 5 heteroatoms. The maximum Gasteiger partial charge on any atom is 0.253 e. The Labute approximate surface area is 68.1 Å². The number of piperidine rings is 1. The molecular weight excluding hydrogens is 174 g/mol. The van der Waals surface area contributed by atoms with E-state index in [0.717, 1.165) is 0 Å². The number of alkyl halides is 4. The Morgan fingerprint density at radius 2 is 1.33 bits per heavy atom. The number of hydrogen-bond donors (Lipinski definition) is 1. The second-order valence-electron chi connectivity index (χ2n) is 2.98. The lowest BCUT2D eigenvalue weighted by atomic mass is 9.99. The Balaban J connectivity index is 2.40. The first-order valence-corrected chi connectivity index (χ1v) is 3.93. The van der Waals surface area contributed by atoms with E-state index in [1.165, 1.54) is 0 Å². The van der Waals surface area contributed by atoms with Crippen LogP contribution in [-0.2, 0) is 0 Å². The first-order valence-electron chi connectivity index (χ1n) is 3.93. The van der Waals surface area contributed by atoms with E-state index >= 15 is 0 Å². The van der Waals surface area contributed by atoms with Crippen molar-refractivity contribution < 1.29 is 17.6 Å². The minimum atomic E-state index is -2.54. The van der Waals surface area contributed by atoms with E-state index in [1.54, 1.807) is 0 Å². The molecule has 0 aromatic rings. The van der Waals surface area contributed by atoms with Crippen molar-refractivity contribution in [1.29, 1.82) is 0 Å². The topological polar surface area (TPSA) is 12.0 Å². The summed E-state index contributed by atoms with van der Waals surface area (Å²) in [7, 11) is 0. The molecular formula is C7H11F4N. The van der Waals surface area contributed by atoms with Gasteiger partial charge in [-0.15, -0.1) is 0 Å². The monoisotopic (exact) mass is 185 g/mol. The molecule has 0 radical (unpaired) electrons. The predicted octanol–water partition coefficient (Wildman–Crippen LogP) is 2.03. The zero-order valence-corrected chi connectivity index (χ0v) is 6.44. The Bertz CT molecular complexity index is 125. The van der Waals surface area contributed by atoms with Gasteiger partial charge in [0, 0.05) is 0 Å². The number of rotatable bonds is 2. The van der Waals surface area contributed by atoms with Crippen LogP contribution in [0.4, 0.5) is 17.6 Å². The average molecular weight is 185 g/mol. The summed E-state index contributed by atoms with van der Waals surface area (Å²) in [5.74, 6) is 0. The highest BCUT2D eigenvalue weighted by molar-refractivity contribution is 4.83. The summed E-state index contributed by atoms with van der Waals surface area (Å²) >= 11 is 0. The second-order valence-corrected chi connectivity index (χ2v) is 2.98. The van der Waals surface area contributed by atoms with Gasteiger partial charge in [0.25, 0.3) is 12.9 Å². The molecule has 0 aromatic carbocycles. The van der Waals surface area contributed by atoms with Gasteiger partial charge in [0.1, 0.15) is 0 Å². The molecule has 1 saturated heterocycles. The molecule has 2 atom stereocenters. The van der Waals surface area contributed by atoms with Crippen molar-refractivity contribution in [1.82, 2.24) is 5.32 Å². The van der Waals surface area contributed by atoms with Crippen LogP contribution in [0.2, 0.25) is 0 Å². The van der Waals surface area contributed by atoms with Crippen LogP contribution in [0.3, 0.4) is 0 Å². The molecule has 1 nitrogen and oxygen atoms in total. The fourth-order valence-corrected chi connectivity index (χ4v) is 1.40. The van der Waals surface area contributed by atoms with E-state index in [1.807, 2.05) is 0 Å². The Kier molecular flexibility index (Phi) is 3.31. The maximum atomic E-state index is 12.0. The van der Waals surface area contributed by atoms with Gasteiger partial charge in [-0.3, -0.25) is 0 Å². The highest BCUT2D eigenvalue weighted by Gasteiger charge is 2.31. The first-order chi connectivity index (χ1) is 5.61. The fraction of sp³-hybridized carbons (Fsp3) is 1.00. The summed E-state index contributed by atoms with van der Waals surface area (Å²) in [6, 6.07) is -2.09. The lowest BCUT2D eigenvalue weighted by molar-refractivity contribution is 0.0287. The Morgan fingerprint density at radius 3 is 1.67 bits per heavy atom. The quantitative estimate of drug-likeness (QED) is 0.649. The predicted molar refractivity (Wildman–Crippen MR) is 36.6 cm³/mol. The van der Waals surface area contributed by atoms with Crippen molar-refractivity contribution in [3.05, 3.63) is 0 Å². The Hall–Kier alpha value is -0.320. The first kappa shape index (κ1) is 9.77. The molecule has 1 aliphatic rings. The lowest BCUT2D eigenvalue weighted by Gasteiger charge is -2.29. The van der Waals surface area contributed by atoms with E-state index in [0.29, 0.717) is 19.3 Å². The molecule has 12 heavy (non-hydrogen) atoms. The van der Waals surface area contributed by atoms with Gasteiger partial charge in [-0.25, -0.2) is 17.6 Å². The van der Waals surface area contributed by atoms with Crippen molar-refractivity contribution in [3.8, 4) is 0 Å². The van der Waals surface area contributed by atoms with Gasteiger partial charge in [0.15, 0.2) is 0 Å². The highest BCUT2D eigenvalue weighted by Crippen LogP contribution is 2.20. The minimum Gasteiger partial charge on any atom is -0.301 e. The van der Waals surface area contributed by atoms with Crippen LogP contribution < -0.4 is 5.32 Å². The van der Waals surface area contributed by atoms with E-state index in [4.69, 9.17) is 0 Å². The zero-order chi connectivity index (χ0) is 9.14. The van der Waals surface area contributed by atoms with Crippen LogP contribution >= 0.6 is 0 Å². The largest absolute Gasteiger partial charge is 0.301 e. The summed E-state index contributed by atoms with van der Waals surface area (Å²) in [5.41, 5.74) is 0. The third-order valence-electron chi connectivity index (χ3n) is 2.07. The van der Waals surface area contributed by atoms with Crippen LogP contribution in [0.5, 0.6) is 0 Å². The number of halogens is 4. The fourth-order valence-electron chi connectivity index (χ4n) is 1.40. The molecule has 2 unspecified atom stereocenters. The van der Waals surface area contributed by atoms with Crippen molar-refractivity contribution in [2.24, 2.45) is 0 Å².